The quantitative estimate of drug-likeness (QED) is 0.311. The highest BCUT2D eigenvalue weighted by atomic mass is 16.6. The number of hydrogen-bond acceptors (Lipinski definition) is 4. The van der Waals surface area contributed by atoms with Crippen LogP contribution >= 0.6 is 0 Å². The van der Waals surface area contributed by atoms with Crippen molar-refractivity contribution in [1.29, 1.82) is 0 Å². The van der Waals surface area contributed by atoms with Crippen LogP contribution in [0.3, 0.4) is 0 Å². The highest BCUT2D eigenvalue weighted by Gasteiger charge is 2.30. The summed E-state index contributed by atoms with van der Waals surface area (Å²) in [6.45, 7) is 12.6. The molecule has 0 aromatic heterocycles. The van der Waals surface area contributed by atoms with E-state index in [1.54, 1.807) is 0 Å². The van der Waals surface area contributed by atoms with Gasteiger partial charge >= 0.3 is 0 Å². The first-order chi connectivity index (χ1) is 19.3. The monoisotopic (exact) mass is 528 g/mol. The molecule has 3 aliphatic rings. The summed E-state index contributed by atoms with van der Waals surface area (Å²) in [6.07, 6.45) is 7.37. The Morgan fingerprint density at radius 3 is 2.15 bits per heavy atom. The van der Waals surface area contributed by atoms with Gasteiger partial charge < -0.3 is 14.4 Å². The van der Waals surface area contributed by atoms with Crippen LogP contribution in [-0.2, 0) is 19.4 Å². The number of nitrogens with zero attached hydrogens (tertiary/aromatic N) is 2. The summed E-state index contributed by atoms with van der Waals surface area (Å²) < 4.78 is 11.8. The number of likely N-dealkylation sites (tertiary alicyclic amines) is 1. The fraction of sp³-hybridized carbons (Fsp3) is 0.486. The third-order valence-corrected chi connectivity index (χ3v) is 8.01. The molecule has 6 rings (SSSR count). The van der Waals surface area contributed by atoms with E-state index < -0.39 is 0 Å². The fourth-order valence-electron chi connectivity index (χ4n) is 6.19. The maximum atomic E-state index is 5.96. The summed E-state index contributed by atoms with van der Waals surface area (Å²) in [5.41, 5.74) is 5.69. The van der Waals surface area contributed by atoms with Crippen LogP contribution in [0.4, 0.5) is 5.69 Å². The number of fused-ring (bicyclic) bond motifs is 2. The van der Waals surface area contributed by atoms with Crippen molar-refractivity contribution < 1.29 is 9.47 Å². The largest absolute Gasteiger partial charge is 0.486 e. The van der Waals surface area contributed by atoms with Gasteiger partial charge in [0, 0.05) is 36.9 Å². The first-order valence-electron chi connectivity index (χ1n) is 15.3. The minimum Gasteiger partial charge on any atom is -0.486 e. The highest BCUT2D eigenvalue weighted by Crippen LogP contribution is 2.37. The second-order valence-corrected chi connectivity index (χ2v) is 10.2. The van der Waals surface area contributed by atoms with Gasteiger partial charge in [-0.05, 0) is 67.5 Å². The van der Waals surface area contributed by atoms with Crippen LogP contribution < -0.4 is 14.4 Å². The van der Waals surface area contributed by atoms with Gasteiger partial charge in [-0.15, -0.1) is 0 Å². The van der Waals surface area contributed by atoms with Gasteiger partial charge in [-0.3, -0.25) is 4.90 Å². The molecule has 0 N–H and O–H groups in total. The molecule has 0 radical (unpaired) electrons. The lowest BCUT2D eigenvalue weighted by Gasteiger charge is -2.39. The Morgan fingerprint density at radius 1 is 0.769 bits per heavy atom. The van der Waals surface area contributed by atoms with E-state index in [2.05, 4.69) is 82.6 Å². The van der Waals surface area contributed by atoms with Gasteiger partial charge in [0.2, 0.25) is 0 Å². The zero-order valence-corrected chi connectivity index (χ0v) is 24.6. The Bertz CT molecular complexity index is 1110. The summed E-state index contributed by atoms with van der Waals surface area (Å²) in [5.74, 6) is 1.76. The van der Waals surface area contributed by atoms with Crippen LogP contribution in [0.15, 0.2) is 72.8 Å². The molecule has 2 aliphatic heterocycles. The van der Waals surface area contributed by atoms with Gasteiger partial charge in [0.05, 0.1) is 0 Å². The third kappa shape index (κ3) is 7.36. The van der Waals surface area contributed by atoms with E-state index in [0.29, 0.717) is 25.3 Å². The van der Waals surface area contributed by atoms with Crippen molar-refractivity contribution in [2.45, 2.75) is 84.8 Å². The number of piperidine rings is 1. The summed E-state index contributed by atoms with van der Waals surface area (Å²) in [6, 6.07) is 27.6. The topological polar surface area (TPSA) is 24.9 Å². The average Bonchev–Trinajstić information content (AvgIpc) is 3.44. The number of ether oxygens (including phenoxy) is 2. The zero-order valence-electron chi connectivity index (χ0n) is 24.6. The average molecular weight is 529 g/mol. The number of benzene rings is 3. The van der Waals surface area contributed by atoms with Gasteiger partial charge in [0.15, 0.2) is 11.5 Å². The van der Waals surface area contributed by atoms with Crippen LogP contribution in [0.5, 0.6) is 11.5 Å². The summed E-state index contributed by atoms with van der Waals surface area (Å²) in [4.78, 5) is 5.39. The maximum Gasteiger partial charge on any atom is 0.163 e. The molecule has 39 heavy (non-hydrogen) atoms. The van der Waals surface area contributed by atoms with E-state index in [0.717, 1.165) is 37.4 Å². The molecule has 0 spiro atoms. The predicted molar refractivity (Wildman–Crippen MR) is 164 cm³/mol. The smallest absolute Gasteiger partial charge is 0.163 e. The maximum absolute atomic E-state index is 5.96. The molecule has 4 nitrogen and oxygen atoms in total. The number of anilines is 1. The predicted octanol–water partition coefficient (Wildman–Crippen LogP) is 7.93. The molecule has 210 valence electrons. The highest BCUT2D eigenvalue weighted by molar-refractivity contribution is 5.58. The van der Waals surface area contributed by atoms with E-state index in [4.69, 9.17) is 9.47 Å². The zero-order chi connectivity index (χ0) is 27.5. The standard InChI is InChI=1S/C31H36N2O2.2C2H6/c1-2-8-24(9-3-1)23-32-16-7-6-12-27(32)15-17-33(29-20-25-10-4-5-11-26(25)21-29)28-13-14-30-31(22-28)35-19-18-34-30;2*1-2/h1-5,8-11,13-14,22,27,29H,6-7,12,15-21,23H2;2*1-2H3. The van der Waals surface area contributed by atoms with Gasteiger partial charge in [0.25, 0.3) is 0 Å². The molecule has 3 aromatic rings. The summed E-state index contributed by atoms with van der Waals surface area (Å²) in [7, 11) is 0. The van der Waals surface area contributed by atoms with Gasteiger partial charge in [-0.1, -0.05) is 88.7 Å². The molecule has 1 saturated heterocycles. The normalized spacial score (nSPS) is 18.2. The molecule has 2 heterocycles. The van der Waals surface area contributed by atoms with Crippen LogP contribution in [0.25, 0.3) is 0 Å². The van der Waals surface area contributed by atoms with E-state index in [1.807, 2.05) is 27.7 Å². The molecular weight excluding hydrogens is 480 g/mol. The number of hydrogen-bond donors (Lipinski definition) is 0. The van der Waals surface area contributed by atoms with E-state index in [-0.39, 0.29) is 0 Å². The Kier molecular flexibility index (Phi) is 11.1. The molecule has 1 aliphatic carbocycles. The molecule has 1 atom stereocenters. The van der Waals surface area contributed by atoms with Gasteiger partial charge in [0.1, 0.15) is 13.2 Å². The van der Waals surface area contributed by atoms with Crippen LogP contribution in [0, 0.1) is 0 Å². The van der Waals surface area contributed by atoms with Gasteiger partial charge in [-0.25, -0.2) is 0 Å². The Balaban J connectivity index is 0.000000845. The molecule has 4 heteroatoms. The van der Waals surface area contributed by atoms with Crippen molar-refractivity contribution in [3.8, 4) is 11.5 Å². The second-order valence-electron chi connectivity index (χ2n) is 10.2. The minimum atomic E-state index is 0.487. The molecule has 0 saturated carbocycles. The van der Waals surface area contributed by atoms with Crippen LogP contribution in [-0.4, -0.2) is 43.3 Å². The van der Waals surface area contributed by atoms with Crippen molar-refractivity contribution in [3.63, 3.8) is 0 Å². The molecular formula is C35H48N2O2. The summed E-state index contributed by atoms with van der Waals surface area (Å²) >= 11 is 0. The van der Waals surface area contributed by atoms with Crippen LogP contribution in [0.1, 0.15) is 70.1 Å². The first-order valence-corrected chi connectivity index (χ1v) is 15.3. The van der Waals surface area contributed by atoms with Crippen molar-refractivity contribution in [1.82, 2.24) is 4.90 Å². The lowest BCUT2D eigenvalue weighted by atomic mass is 9.97. The number of rotatable bonds is 7. The van der Waals surface area contributed by atoms with E-state index in [1.165, 1.54) is 54.6 Å². The second kappa shape index (κ2) is 15.0. The molecule has 3 aromatic carbocycles. The van der Waals surface area contributed by atoms with Crippen molar-refractivity contribution >= 4 is 5.69 Å². The minimum absolute atomic E-state index is 0.487. The Hall–Kier alpha value is -2.98. The molecule has 0 amide bonds. The molecule has 1 unspecified atom stereocenters. The summed E-state index contributed by atoms with van der Waals surface area (Å²) in [5, 5.41) is 0. The first kappa shape index (κ1) is 29.0. The van der Waals surface area contributed by atoms with E-state index in [9.17, 15) is 0 Å². The Labute approximate surface area is 236 Å². The molecule has 1 fully saturated rings. The Morgan fingerprint density at radius 2 is 1.44 bits per heavy atom. The lowest BCUT2D eigenvalue weighted by molar-refractivity contribution is 0.133. The van der Waals surface area contributed by atoms with Gasteiger partial charge in [-0.2, -0.15) is 0 Å². The van der Waals surface area contributed by atoms with Crippen molar-refractivity contribution in [3.05, 3.63) is 89.5 Å². The van der Waals surface area contributed by atoms with E-state index >= 15 is 0 Å². The van der Waals surface area contributed by atoms with Crippen LogP contribution in [0.2, 0.25) is 0 Å². The lowest BCUT2D eigenvalue weighted by Crippen LogP contribution is -2.43. The third-order valence-electron chi connectivity index (χ3n) is 8.01. The van der Waals surface area contributed by atoms with Crippen molar-refractivity contribution in [2.24, 2.45) is 0 Å². The fourth-order valence-corrected chi connectivity index (χ4v) is 6.19. The van der Waals surface area contributed by atoms with Crippen molar-refractivity contribution in [2.75, 3.05) is 31.2 Å². The SMILES string of the molecule is CC.CC.c1ccc(CN2CCCCC2CCN(c2ccc3c(c2)OCCO3)C2Cc3ccccc3C2)cc1. The molecule has 0 bridgehead atoms.